The summed E-state index contributed by atoms with van der Waals surface area (Å²) in [6.07, 6.45) is 4.73. The number of aromatic hydroxyl groups is 2. The Balaban J connectivity index is 0.00000210. The van der Waals surface area contributed by atoms with Gasteiger partial charge >= 0.3 is 0 Å². The summed E-state index contributed by atoms with van der Waals surface area (Å²) >= 11 is 0. The van der Waals surface area contributed by atoms with Gasteiger partial charge in [-0.1, -0.05) is 30.3 Å². The van der Waals surface area contributed by atoms with Crippen molar-refractivity contribution in [3.63, 3.8) is 0 Å². The monoisotopic (exact) mass is 536 g/mol. The van der Waals surface area contributed by atoms with Crippen LogP contribution in [0.15, 0.2) is 78.0 Å². The fourth-order valence-electron chi connectivity index (χ4n) is 2.80. The van der Waals surface area contributed by atoms with Crippen molar-refractivity contribution in [2.45, 2.75) is 0 Å². The Morgan fingerprint density at radius 1 is 0.852 bits per heavy atom. The molecule has 2 aromatic carbocycles. The summed E-state index contributed by atoms with van der Waals surface area (Å²) in [6, 6.07) is 18.0. The third kappa shape index (κ3) is 3.88. The first kappa shape index (κ1) is 18.7. The second-order valence-corrected chi connectivity index (χ2v) is 5.75. The summed E-state index contributed by atoms with van der Waals surface area (Å²) < 4.78 is 0. The molecular weight excluding hydrogens is 521 g/mol. The van der Waals surface area contributed by atoms with Crippen molar-refractivity contribution in [2.24, 2.45) is 4.99 Å². The van der Waals surface area contributed by atoms with Gasteiger partial charge in [0.15, 0.2) is 0 Å². The van der Waals surface area contributed by atoms with Crippen molar-refractivity contribution in [1.29, 1.82) is 0 Å². The molecule has 27 heavy (non-hydrogen) atoms. The van der Waals surface area contributed by atoms with Gasteiger partial charge in [0.05, 0.1) is 28.9 Å². The summed E-state index contributed by atoms with van der Waals surface area (Å²) in [5, 5.41) is 21.7. The number of aromatic nitrogens is 2. The SMILES string of the molecule is Oc1ccncc1-c1cccc(C=Nc2cccc3cccc(O)c23)n1.[Pt]. The van der Waals surface area contributed by atoms with Gasteiger partial charge in [0, 0.05) is 38.8 Å². The first-order chi connectivity index (χ1) is 12.7. The molecule has 2 heterocycles. The number of phenols is 1. The molecule has 136 valence electrons. The van der Waals surface area contributed by atoms with E-state index >= 15 is 0 Å². The fourth-order valence-corrected chi connectivity index (χ4v) is 2.80. The summed E-state index contributed by atoms with van der Waals surface area (Å²) in [5.74, 6) is 0.317. The summed E-state index contributed by atoms with van der Waals surface area (Å²) in [5.41, 5.74) is 2.47. The molecule has 2 aromatic heterocycles. The molecule has 0 saturated heterocycles. The average molecular weight is 536 g/mol. The third-order valence-corrected chi connectivity index (χ3v) is 4.04. The van der Waals surface area contributed by atoms with Crippen LogP contribution in [-0.4, -0.2) is 26.4 Å². The fraction of sp³-hybridized carbons (Fsp3) is 0. The molecule has 4 rings (SSSR count). The standard InChI is InChI=1S/C21H15N3O2.Pt/c25-19-10-11-22-13-16(19)17-7-3-6-15(24-17)12-23-18-8-1-4-14-5-2-9-20(26)21(14)18;/h1-13,26H,(H,22,25);. The van der Waals surface area contributed by atoms with E-state index in [0.717, 1.165) is 5.39 Å². The predicted molar refractivity (Wildman–Crippen MR) is 102 cm³/mol. The first-order valence-electron chi connectivity index (χ1n) is 8.07. The zero-order valence-corrected chi connectivity index (χ0v) is 16.3. The van der Waals surface area contributed by atoms with Crippen LogP contribution in [0.25, 0.3) is 22.0 Å². The number of hydrogen-bond donors (Lipinski definition) is 2. The van der Waals surface area contributed by atoms with E-state index in [1.165, 1.54) is 12.3 Å². The van der Waals surface area contributed by atoms with Crippen LogP contribution in [0, 0.1) is 0 Å². The topological polar surface area (TPSA) is 78.6 Å². The van der Waals surface area contributed by atoms with Gasteiger partial charge in [-0.25, -0.2) is 4.98 Å². The van der Waals surface area contributed by atoms with Crippen LogP contribution in [0.4, 0.5) is 5.69 Å². The molecule has 2 N–H and O–H groups in total. The van der Waals surface area contributed by atoms with Crippen molar-refractivity contribution in [1.82, 2.24) is 9.97 Å². The smallest absolute Gasteiger partial charge is 0.128 e. The number of aliphatic imine (C=N–C) groups is 1. The van der Waals surface area contributed by atoms with E-state index in [-0.39, 0.29) is 32.6 Å². The van der Waals surface area contributed by atoms with Crippen LogP contribution >= 0.6 is 0 Å². The molecule has 0 aliphatic rings. The molecule has 0 radical (unpaired) electrons. The van der Waals surface area contributed by atoms with Gasteiger partial charge in [0.25, 0.3) is 0 Å². The average Bonchev–Trinajstić information content (AvgIpc) is 2.67. The van der Waals surface area contributed by atoms with Crippen LogP contribution in [0.1, 0.15) is 5.69 Å². The molecule has 0 amide bonds. The number of benzene rings is 2. The summed E-state index contributed by atoms with van der Waals surface area (Å²) in [7, 11) is 0. The van der Waals surface area contributed by atoms with E-state index in [9.17, 15) is 10.2 Å². The molecule has 0 bridgehead atoms. The molecule has 0 atom stereocenters. The van der Waals surface area contributed by atoms with Gasteiger partial charge in [-0.05, 0) is 35.7 Å². The molecule has 0 saturated carbocycles. The zero-order chi connectivity index (χ0) is 17.9. The number of nitrogens with zero attached hydrogens (tertiary/aromatic N) is 3. The van der Waals surface area contributed by atoms with Crippen molar-refractivity contribution in [2.75, 3.05) is 0 Å². The normalized spacial score (nSPS) is 10.8. The molecule has 0 aliphatic heterocycles. The molecule has 6 heteroatoms. The summed E-state index contributed by atoms with van der Waals surface area (Å²) in [4.78, 5) is 13.0. The minimum atomic E-state index is 0. The maximum Gasteiger partial charge on any atom is 0.128 e. The van der Waals surface area contributed by atoms with E-state index in [4.69, 9.17) is 0 Å². The zero-order valence-electron chi connectivity index (χ0n) is 14.1. The first-order valence-corrected chi connectivity index (χ1v) is 8.07. The molecule has 0 spiro atoms. The van der Waals surface area contributed by atoms with Gasteiger partial charge in [-0.2, -0.15) is 0 Å². The predicted octanol–water partition coefficient (Wildman–Crippen LogP) is 4.46. The van der Waals surface area contributed by atoms with E-state index in [1.807, 2.05) is 36.4 Å². The van der Waals surface area contributed by atoms with Crippen LogP contribution in [0.5, 0.6) is 11.5 Å². The van der Waals surface area contributed by atoms with Crippen LogP contribution in [-0.2, 0) is 21.1 Å². The second-order valence-electron chi connectivity index (χ2n) is 5.75. The van der Waals surface area contributed by atoms with Gasteiger partial charge in [0.2, 0.25) is 0 Å². The molecule has 0 aliphatic carbocycles. The number of fused-ring (bicyclic) bond motifs is 1. The molecular formula is C21H15N3O2Pt. The van der Waals surface area contributed by atoms with Crippen molar-refractivity contribution >= 4 is 22.7 Å². The van der Waals surface area contributed by atoms with Crippen LogP contribution in [0.2, 0.25) is 0 Å². The van der Waals surface area contributed by atoms with Crippen molar-refractivity contribution < 1.29 is 31.3 Å². The number of hydrogen-bond acceptors (Lipinski definition) is 5. The van der Waals surface area contributed by atoms with E-state index < -0.39 is 0 Å². The van der Waals surface area contributed by atoms with Crippen molar-refractivity contribution in [3.8, 4) is 22.8 Å². The quantitative estimate of drug-likeness (QED) is 0.379. The Morgan fingerprint density at radius 3 is 2.44 bits per heavy atom. The maximum atomic E-state index is 10.1. The molecule has 0 unspecified atom stereocenters. The van der Waals surface area contributed by atoms with Crippen LogP contribution in [0.3, 0.4) is 0 Å². The van der Waals surface area contributed by atoms with Gasteiger partial charge in [-0.3, -0.25) is 9.98 Å². The van der Waals surface area contributed by atoms with Gasteiger partial charge in [0.1, 0.15) is 11.5 Å². The number of phenolic OH excluding ortho intramolecular Hbond substituents is 1. The Kier molecular flexibility index (Phi) is 5.63. The van der Waals surface area contributed by atoms with Gasteiger partial charge in [-0.15, -0.1) is 0 Å². The van der Waals surface area contributed by atoms with Crippen molar-refractivity contribution in [3.05, 3.63) is 78.8 Å². The summed E-state index contributed by atoms with van der Waals surface area (Å²) in [6.45, 7) is 0. The largest absolute Gasteiger partial charge is 0.507 e. The maximum absolute atomic E-state index is 10.1. The number of rotatable bonds is 3. The van der Waals surface area contributed by atoms with E-state index in [0.29, 0.717) is 28.0 Å². The third-order valence-electron chi connectivity index (χ3n) is 4.04. The Morgan fingerprint density at radius 2 is 1.63 bits per heavy atom. The Labute approximate surface area is 170 Å². The van der Waals surface area contributed by atoms with Crippen LogP contribution < -0.4 is 0 Å². The minimum absolute atomic E-state index is 0. The second kappa shape index (κ2) is 8.10. The molecule has 4 aromatic rings. The Bertz CT molecular complexity index is 1120. The van der Waals surface area contributed by atoms with E-state index in [2.05, 4.69) is 15.0 Å². The van der Waals surface area contributed by atoms with Gasteiger partial charge < -0.3 is 10.2 Å². The van der Waals surface area contributed by atoms with E-state index in [1.54, 1.807) is 30.6 Å². The molecule has 5 nitrogen and oxygen atoms in total. The number of pyridine rings is 2. The minimum Gasteiger partial charge on any atom is -0.507 e. The molecule has 0 fully saturated rings. The Hall–Kier alpha value is -3.04.